The summed E-state index contributed by atoms with van der Waals surface area (Å²) in [6.45, 7) is 2.74. The van der Waals surface area contributed by atoms with E-state index in [1.54, 1.807) is 40.4 Å². The number of likely N-dealkylation sites (N-methyl/N-ethyl adjacent to an activating group) is 1. The molecule has 0 unspecified atom stereocenters. The number of imidazole rings is 1. The topological polar surface area (TPSA) is 67.2 Å². The standard InChI is InChI=1S/C20H21FN4O2S2/c1-2-24(13-18(26)23-12-17-7-4-10-28-17)19(27)14-29-20-22-8-9-25(20)16-6-3-5-15(21)11-16/h3-11H,2,12-14H2,1H3,(H,23,26). The smallest absolute Gasteiger partial charge is 0.239 e. The summed E-state index contributed by atoms with van der Waals surface area (Å²) in [6, 6.07) is 10.1. The van der Waals surface area contributed by atoms with Crippen LogP contribution in [0.15, 0.2) is 59.3 Å². The van der Waals surface area contributed by atoms with Gasteiger partial charge in [0.2, 0.25) is 11.8 Å². The quantitative estimate of drug-likeness (QED) is 0.527. The summed E-state index contributed by atoms with van der Waals surface area (Å²) in [7, 11) is 0. The second-order valence-corrected chi connectivity index (χ2v) is 8.09. The number of hydrogen-bond acceptors (Lipinski definition) is 5. The van der Waals surface area contributed by atoms with Crippen LogP contribution in [0, 0.1) is 5.82 Å². The fourth-order valence-electron chi connectivity index (χ4n) is 2.64. The molecule has 0 aliphatic rings. The maximum atomic E-state index is 13.5. The highest BCUT2D eigenvalue weighted by molar-refractivity contribution is 7.99. The maximum absolute atomic E-state index is 13.5. The molecule has 3 aromatic rings. The second kappa shape index (κ2) is 10.2. The van der Waals surface area contributed by atoms with E-state index in [1.165, 1.54) is 28.8 Å². The van der Waals surface area contributed by atoms with E-state index in [0.29, 0.717) is 23.9 Å². The number of carbonyl (C=O) groups excluding carboxylic acids is 2. The Morgan fingerprint density at radius 1 is 1.31 bits per heavy atom. The van der Waals surface area contributed by atoms with Crippen molar-refractivity contribution in [2.24, 2.45) is 0 Å². The van der Waals surface area contributed by atoms with Gasteiger partial charge in [-0.2, -0.15) is 0 Å². The first-order valence-corrected chi connectivity index (χ1v) is 10.9. The van der Waals surface area contributed by atoms with Crippen LogP contribution in [0.2, 0.25) is 0 Å². The summed E-state index contributed by atoms with van der Waals surface area (Å²) >= 11 is 2.82. The lowest BCUT2D eigenvalue weighted by atomic mass is 10.3. The molecule has 6 nitrogen and oxygen atoms in total. The Hall–Kier alpha value is -2.65. The zero-order chi connectivity index (χ0) is 20.6. The van der Waals surface area contributed by atoms with Crippen LogP contribution < -0.4 is 5.32 Å². The molecule has 0 spiro atoms. The van der Waals surface area contributed by atoms with E-state index < -0.39 is 0 Å². The van der Waals surface area contributed by atoms with Crippen LogP contribution in [0.4, 0.5) is 4.39 Å². The third-order valence-corrected chi connectivity index (χ3v) is 5.95. The van der Waals surface area contributed by atoms with Crippen molar-refractivity contribution >= 4 is 34.9 Å². The monoisotopic (exact) mass is 432 g/mol. The summed E-state index contributed by atoms with van der Waals surface area (Å²) in [4.78, 5) is 31.5. The maximum Gasteiger partial charge on any atom is 0.239 e. The van der Waals surface area contributed by atoms with E-state index in [-0.39, 0.29) is 29.9 Å². The highest BCUT2D eigenvalue weighted by Gasteiger charge is 2.17. The Kier molecular flexibility index (Phi) is 7.42. The minimum absolute atomic E-state index is 0.0135. The molecule has 0 aliphatic carbocycles. The molecule has 0 saturated heterocycles. The van der Waals surface area contributed by atoms with Gasteiger partial charge in [0.1, 0.15) is 5.82 Å². The minimum atomic E-state index is -0.339. The van der Waals surface area contributed by atoms with E-state index in [2.05, 4.69) is 10.3 Å². The molecule has 152 valence electrons. The number of nitrogens with zero attached hydrogens (tertiary/aromatic N) is 3. The normalized spacial score (nSPS) is 10.7. The van der Waals surface area contributed by atoms with Crippen molar-refractivity contribution in [1.29, 1.82) is 0 Å². The molecule has 2 aromatic heterocycles. The summed E-state index contributed by atoms with van der Waals surface area (Å²) in [6.07, 6.45) is 3.32. The van der Waals surface area contributed by atoms with E-state index >= 15 is 0 Å². The summed E-state index contributed by atoms with van der Waals surface area (Å²) in [5.74, 6) is -0.551. The number of nitrogens with one attached hydrogen (secondary N) is 1. The van der Waals surface area contributed by atoms with E-state index in [1.807, 2.05) is 24.4 Å². The minimum Gasteiger partial charge on any atom is -0.350 e. The molecular weight excluding hydrogens is 411 g/mol. The Balaban J connectivity index is 1.54. The molecule has 0 fully saturated rings. The van der Waals surface area contributed by atoms with Crippen LogP contribution in [0.5, 0.6) is 0 Å². The van der Waals surface area contributed by atoms with Gasteiger partial charge < -0.3 is 10.2 Å². The molecule has 3 rings (SSSR count). The fourth-order valence-corrected chi connectivity index (χ4v) is 4.16. The summed E-state index contributed by atoms with van der Waals surface area (Å²) in [5.41, 5.74) is 0.637. The fraction of sp³-hybridized carbons (Fsp3) is 0.250. The van der Waals surface area contributed by atoms with Crippen LogP contribution in [0.25, 0.3) is 5.69 Å². The number of thiophene rings is 1. The van der Waals surface area contributed by atoms with Crippen molar-refractivity contribution in [2.75, 3.05) is 18.8 Å². The molecule has 1 aromatic carbocycles. The molecule has 2 heterocycles. The average Bonchev–Trinajstić information content (AvgIpc) is 3.40. The first-order valence-electron chi connectivity index (χ1n) is 9.05. The van der Waals surface area contributed by atoms with Crippen molar-refractivity contribution in [3.05, 3.63) is 64.9 Å². The van der Waals surface area contributed by atoms with E-state index in [0.717, 1.165) is 4.88 Å². The van der Waals surface area contributed by atoms with E-state index in [4.69, 9.17) is 0 Å². The Morgan fingerprint density at radius 3 is 2.90 bits per heavy atom. The average molecular weight is 433 g/mol. The Morgan fingerprint density at radius 2 is 2.17 bits per heavy atom. The summed E-state index contributed by atoms with van der Waals surface area (Å²) < 4.78 is 15.2. The molecular formula is C20H21FN4O2S2. The van der Waals surface area contributed by atoms with Crippen LogP contribution >= 0.6 is 23.1 Å². The number of benzene rings is 1. The molecule has 0 atom stereocenters. The van der Waals surface area contributed by atoms with Gasteiger partial charge in [0.15, 0.2) is 5.16 Å². The van der Waals surface area contributed by atoms with Crippen LogP contribution in [0.3, 0.4) is 0 Å². The largest absolute Gasteiger partial charge is 0.350 e. The molecule has 2 amide bonds. The number of amides is 2. The Bertz CT molecular complexity index is 959. The van der Waals surface area contributed by atoms with Gasteiger partial charge in [0.25, 0.3) is 0 Å². The highest BCUT2D eigenvalue weighted by atomic mass is 32.2. The van der Waals surface area contributed by atoms with Crippen LogP contribution in [-0.2, 0) is 16.1 Å². The van der Waals surface area contributed by atoms with Gasteiger partial charge in [0.05, 0.1) is 24.5 Å². The lowest BCUT2D eigenvalue weighted by Crippen LogP contribution is -2.41. The number of rotatable bonds is 9. The van der Waals surface area contributed by atoms with Crippen LogP contribution in [-0.4, -0.2) is 45.1 Å². The van der Waals surface area contributed by atoms with Gasteiger partial charge in [-0.3, -0.25) is 14.2 Å². The predicted octanol–water partition coefficient (Wildman–Crippen LogP) is 3.33. The number of thioether (sulfide) groups is 1. The number of carbonyl (C=O) groups is 2. The van der Waals surface area contributed by atoms with Gasteiger partial charge in [-0.05, 0) is 36.6 Å². The zero-order valence-corrected chi connectivity index (χ0v) is 17.5. The highest BCUT2D eigenvalue weighted by Crippen LogP contribution is 2.21. The summed E-state index contributed by atoms with van der Waals surface area (Å²) in [5, 5.41) is 5.37. The molecule has 0 aliphatic heterocycles. The van der Waals surface area contributed by atoms with Gasteiger partial charge in [0, 0.05) is 23.8 Å². The van der Waals surface area contributed by atoms with Crippen molar-refractivity contribution < 1.29 is 14.0 Å². The molecule has 0 bridgehead atoms. The predicted molar refractivity (Wildman–Crippen MR) is 113 cm³/mol. The number of aromatic nitrogens is 2. The van der Waals surface area contributed by atoms with Crippen LogP contribution in [0.1, 0.15) is 11.8 Å². The zero-order valence-electron chi connectivity index (χ0n) is 15.9. The molecule has 29 heavy (non-hydrogen) atoms. The molecule has 9 heteroatoms. The van der Waals surface area contributed by atoms with Crippen molar-refractivity contribution in [3.63, 3.8) is 0 Å². The van der Waals surface area contributed by atoms with Crippen molar-refractivity contribution in [1.82, 2.24) is 19.8 Å². The van der Waals surface area contributed by atoms with Gasteiger partial charge in [-0.1, -0.05) is 23.9 Å². The first-order chi connectivity index (χ1) is 14.1. The number of halogens is 1. The van der Waals surface area contributed by atoms with Gasteiger partial charge in [-0.15, -0.1) is 11.3 Å². The lowest BCUT2D eigenvalue weighted by Gasteiger charge is -2.20. The third-order valence-electron chi connectivity index (χ3n) is 4.13. The molecule has 0 saturated carbocycles. The van der Waals surface area contributed by atoms with Crippen molar-refractivity contribution in [3.8, 4) is 5.69 Å². The Labute approximate surface area is 176 Å². The van der Waals surface area contributed by atoms with E-state index in [9.17, 15) is 14.0 Å². The lowest BCUT2D eigenvalue weighted by molar-refractivity contribution is -0.133. The SMILES string of the molecule is CCN(CC(=O)NCc1cccs1)C(=O)CSc1nccn1-c1cccc(F)c1. The third kappa shape index (κ3) is 5.91. The molecule has 0 radical (unpaired) electrons. The second-order valence-electron chi connectivity index (χ2n) is 6.11. The van der Waals surface area contributed by atoms with Crippen molar-refractivity contribution in [2.45, 2.75) is 18.6 Å². The number of hydrogen-bond donors (Lipinski definition) is 1. The first kappa shape index (κ1) is 21.1. The molecule has 1 N–H and O–H groups in total. The van der Waals surface area contributed by atoms with Gasteiger partial charge in [-0.25, -0.2) is 9.37 Å². The van der Waals surface area contributed by atoms with Gasteiger partial charge >= 0.3 is 0 Å².